The van der Waals surface area contributed by atoms with E-state index in [9.17, 15) is 0 Å². The fourth-order valence-electron chi connectivity index (χ4n) is 14.0. The molecule has 0 aliphatic rings. The summed E-state index contributed by atoms with van der Waals surface area (Å²) in [5, 5.41) is 9.97. The van der Waals surface area contributed by atoms with Crippen molar-refractivity contribution in [3.05, 3.63) is 374 Å². The molecule has 0 aliphatic heterocycles. The Morgan fingerprint density at radius 2 is 0.553 bits per heavy atom. The third-order valence-corrected chi connectivity index (χ3v) is 18.9. The molecule has 2 heteroatoms. The van der Waals surface area contributed by atoms with Gasteiger partial charge in [0.15, 0.2) is 0 Å². The van der Waals surface area contributed by atoms with Crippen LogP contribution in [0.2, 0.25) is 0 Å². The van der Waals surface area contributed by atoms with Crippen molar-refractivity contribution >= 4 is 88.4 Å². The number of aryl methyl sites for hydroxylation is 4. The van der Waals surface area contributed by atoms with Crippen molar-refractivity contribution < 1.29 is 0 Å². The molecule has 0 radical (unpaired) electrons. The summed E-state index contributed by atoms with van der Waals surface area (Å²) in [6.45, 7) is 12.4. The normalized spacial score (nSPS) is 11.3. The molecule has 0 saturated heterocycles. The Kier molecular flexibility index (Phi) is 16.2. The molecule has 15 aromatic carbocycles. The van der Waals surface area contributed by atoms with Gasteiger partial charge in [0.2, 0.25) is 0 Å². The summed E-state index contributed by atoms with van der Waals surface area (Å²) < 4.78 is 0. The van der Waals surface area contributed by atoms with Gasteiger partial charge < -0.3 is 9.80 Å². The van der Waals surface area contributed by atoms with Crippen molar-refractivity contribution in [3.63, 3.8) is 0 Å². The van der Waals surface area contributed by atoms with Crippen molar-refractivity contribution in [2.24, 2.45) is 0 Å². The van der Waals surface area contributed by atoms with Gasteiger partial charge in [-0.05, 0) is 233 Å². The average molecular weight is 1210 g/mol. The van der Waals surface area contributed by atoms with Gasteiger partial charge in [0, 0.05) is 34.1 Å². The number of nitrogens with zero attached hydrogens (tertiary/aromatic N) is 2. The predicted octanol–water partition coefficient (Wildman–Crippen LogP) is 25.5. The Bertz CT molecular complexity index is 5050. The van der Waals surface area contributed by atoms with Crippen LogP contribution in [0.25, 0.3) is 98.7 Å². The maximum absolute atomic E-state index is 4.16. The summed E-state index contributed by atoms with van der Waals surface area (Å²) in [6.07, 6.45) is 3.80. The molecule has 450 valence electrons. The molecule has 15 aromatic rings. The molecule has 0 spiro atoms. The van der Waals surface area contributed by atoms with Crippen LogP contribution in [0.4, 0.5) is 34.1 Å². The molecule has 0 unspecified atom stereocenters. The number of rotatable bonds is 18. The number of anilines is 6. The first-order chi connectivity index (χ1) is 46.2. The summed E-state index contributed by atoms with van der Waals surface area (Å²) in [6, 6.07) is 121. The Hall–Kier alpha value is -11.6. The van der Waals surface area contributed by atoms with E-state index in [1.54, 1.807) is 0 Å². The Labute approximate surface area is 553 Å². The minimum absolute atomic E-state index is 0.943. The lowest BCUT2D eigenvalue weighted by Crippen LogP contribution is -2.12. The van der Waals surface area contributed by atoms with Gasteiger partial charge in [-0.25, -0.2) is 0 Å². The predicted molar refractivity (Wildman–Crippen MR) is 405 cm³/mol. The molecule has 0 amide bonds. The number of hydrogen-bond donors (Lipinski definition) is 0. The molecule has 15 rings (SSSR count). The maximum atomic E-state index is 4.16. The third-order valence-electron chi connectivity index (χ3n) is 18.9. The van der Waals surface area contributed by atoms with Gasteiger partial charge in [-0.3, -0.25) is 0 Å². The van der Waals surface area contributed by atoms with E-state index in [1.807, 2.05) is 0 Å². The van der Waals surface area contributed by atoms with E-state index in [2.05, 4.69) is 364 Å². The van der Waals surface area contributed by atoms with Crippen LogP contribution in [-0.4, -0.2) is 0 Å². The van der Waals surface area contributed by atoms with E-state index in [4.69, 9.17) is 0 Å². The van der Waals surface area contributed by atoms with Gasteiger partial charge in [0.05, 0.1) is 0 Å². The van der Waals surface area contributed by atoms with Gasteiger partial charge in [-0.2, -0.15) is 0 Å². The fourth-order valence-corrected chi connectivity index (χ4v) is 14.0. The number of fused-ring (bicyclic) bond motifs is 4. The van der Waals surface area contributed by atoms with Crippen molar-refractivity contribution in [2.75, 3.05) is 9.80 Å². The van der Waals surface area contributed by atoms with Crippen LogP contribution in [0.5, 0.6) is 0 Å². The van der Waals surface area contributed by atoms with Crippen LogP contribution < -0.4 is 9.80 Å². The average Bonchev–Trinajstić information content (AvgIpc) is 0.878. The number of benzene rings is 15. The first-order valence-electron chi connectivity index (χ1n) is 32.8. The molecule has 0 bridgehead atoms. The standard InChI is InChI=1S/C92H72N2/c1-63(2)67-47-41-65(42-48-67)45-51-71-23-17-40-92-86(71)38-18-39-89(92)75-26-13-30-81(61-75)94(82-31-14-27-76(62-82)90-58-53-72(85-34-9-10-35-91(85)90)52-46-66-43-49-68(50-44-66)64(3)4)78-56-54-77(55-57-78)93(79-28-11-24-73(59-79)87-36-15-21-69-19-5-7-32-83(69)87)80-29-12-25-74(60-80)88-37-16-22-70-20-6-8-33-84(70)88/h5-44,47-50,53-62H,1,3,45-46,51-52H2,2,4H3. The highest BCUT2D eigenvalue weighted by molar-refractivity contribution is 6.03. The summed E-state index contributed by atoms with van der Waals surface area (Å²) in [5.74, 6) is 0. The Morgan fingerprint density at radius 1 is 0.245 bits per heavy atom. The molecule has 0 aliphatic carbocycles. The molecule has 0 heterocycles. The van der Waals surface area contributed by atoms with Crippen molar-refractivity contribution in [1.82, 2.24) is 0 Å². The summed E-state index contributed by atoms with van der Waals surface area (Å²) >= 11 is 0. The minimum atomic E-state index is 0.943. The molecule has 0 N–H and O–H groups in total. The second-order valence-corrected chi connectivity index (χ2v) is 25.0. The van der Waals surface area contributed by atoms with Crippen molar-refractivity contribution in [3.8, 4) is 44.5 Å². The summed E-state index contributed by atoms with van der Waals surface area (Å²) in [7, 11) is 0. The zero-order chi connectivity index (χ0) is 63.5. The topological polar surface area (TPSA) is 6.48 Å². The molecule has 0 atom stereocenters. The summed E-state index contributed by atoms with van der Waals surface area (Å²) in [4.78, 5) is 4.86. The first-order valence-corrected chi connectivity index (χ1v) is 32.8. The zero-order valence-electron chi connectivity index (χ0n) is 53.3. The lowest BCUT2D eigenvalue weighted by molar-refractivity contribution is 0.969. The minimum Gasteiger partial charge on any atom is -0.310 e. The highest BCUT2D eigenvalue weighted by Crippen LogP contribution is 2.45. The monoisotopic (exact) mass is 1200 g/mol. The quantitative estimate of drug-likeness (QED) is 0.0845. The van der Waals surface area contributed by atoms with Gasteiger partial charge >= 0.3 is 0 Å². The van der Waals surface area contributed by atoms with Gasteiger partial charge in [0.1, 0.15) is 0 Å². The fraction of sp³-hybridized carbons (Fsp3) is 0.0652. The van der Waals surface area contributed by atoms with Gasteiger partial charge in [-0.1, -0.05) is 279 Å². The molecule has 0 saturated carbocycles. The smallest absolute Gasteiger partial charge is 0.0467 e. The molecule has 0 aromatic heterocycles. The van der Waals surface area contributed by atoms with E-state index < -0.39 is 0 Å². The lowest BCUT2D eigenvalue weighted by atomic mass is 9.92. The highest BCUT2D eigenvalue weighted by atomic mass is 15.2. The SMILES string of the molecule is C=C(C)c1ccc(CCc2cccc3c(-c4cccc(N(c5ccc(N(c6cccc(-c7cccc8ccccc78)c6)c6cccc(-c7cccc8ccccc78)c6)cc5)c5cccc(-c6ccc(CCc7ccc(C(=C)C)cc7)c7ccccc67)c5)c4)cccc23)cc1. The largest absolute Gasteiger partial charge is 0.310 e. The van der Waals surface area contributed by atoms with Crippen LogP contribution in [0, 0.1) is 0 Å². The second-order valence-electron chi connectivity index (χ2n) is 25.0. The molecular formula is C92H72N2. The van der Waals surface area contributed by atoms with Gasteiger partial charge in [-0.15, -0.1) is 0 Å². The second kappa shape index (κ2) is 26.0. The molecule has 0 fully saturated rings. The molecular weight excluding hydrogens is 1130 g/mol. The van der Waals surface area contributed by atoms with Crippen molar-refractivity contribution in [1.29, 1.82) is 0 Å². The van der Waals surface area contributed by atoms with E-state index in [1.165, 1.54) is 98.7 Å². The Morgan fingerprint density at radius 3 is 0.979 bits per heavy atom. The summed E-state index contributed by atoms with van der Waals surface area (Å²) in [5.41, 5.74) is 25.7. The first kappa shape index (κ1) is 58.8. The van der Waals surface area contributed by atoms with E-state index in [0.29, 0.717) is 0 Å². The van der Waals surface area contributed by atoms with Crippen LogP contribution >= 0.6 is 0 Å². The third kappa shape index (κ3) is 11.9. The van der Waals surface area contributed by atoms with Gasteiger partial charge in [0.25, 0.3) is 0 Å². The van der Waals surface area contributed by atoms with Crippen LogP contribution in [0.15, 0.2) is 341 Å². The maximum Gasteiger partial charge on any atom is 0.0467 e. The van der Waals surface area contributed by atoms with Crippen LogP contribution in [-0.2, 0) is 25.7 Å². The van der Waals surface area contributed by atoms with E-state index >= 15 is 0 Å². The van der Waals surface area contributed by atoms with Crippen LogP contribution in [0.3, 0.4) is 0 Å². The number of allylic oxidation sites excluding steroid dienone is 2. The number of hydrogen-bond acceptors (Lipinski definition) is 2. The van der Waals surface area contributed by atoms with Crippen molar-refractivity contribution in [2.45, 2.75) is 39.5 Å². The molecule has 94 heavy (non-hydrogen) atoms. The Balaban J connectivity index is 0.843. The van der Waals surface area contributed by atoms with E-state index in [0.717, 1.165) is 93.2 Å². The molecule has 2 nitrogen and oxygen atoms in total. The lowest BCUT2D eigenvalue weighted by Gasteiger charge is -2.29. The zero-order valence-corrected chi connectivity index (χ0v) is 53.3. The highest BCUT2D eigenvalue weighted by Gasteiger charge is 2.21. The van der Waals surface area contributed by atoms with E-state index in [-0.39, 0.29) is 0 Å². The van der Waals surface area contributed by atoms with Crippen LogP contribution in [0.1, 0.15) is 47.2 Å².